The van der Waals surface area contributed by atoms with Crippen LogP contribution >= 0.6 is 11.8 Å². The highest BCUT2D eigenvalue weighted by molar-refractivity contribution is 8.18. The Labute approximate surface area is 132 Å². The third kappa shape index (κ3) is 2.57. The fraction of sp³-hybridized carbons (Fsp3) is 0.125. The van der Waals surface area contributed by atoms with E-state index in [1.54, 1.807) is 26.2 Å². The van der Waals surface area contributed by atoms with Gasteiger partial charge in [0.05, 0.1) is 4.91 Å². The first-order valence-corrected chi connectivity index (χ1v) is 7.49. The smallest absolute Gasteiger partial charge is 0.266 e. The van der Waals surface area contributed by atoms with Crippen LogP contribution in [-0.4, -0.2) is 34.6 Å². The van der Waals surface area contributed by atoms with E-state index in [1.807, 2.05) is 29.0 Å². The number of aliphatic imine (C=N–C) groups is 1. The van der Waals surface area contributed by atoms with E-state index in [0.717, 1.165) is 11.4 Å². The molecule has 0 spiro atoms. The molecule has 4 nitrogen and oxygen atoms in total. The molecule has 1 aliphatic heterocycles. The van der Waals surface area contributed by atoms with E-state index in [4.69, 9.17) is 0 Å². The summed E-state index contributed by atoms with van der Waals surface area (Å²) in [6, 6.07) is 10.0. The second-order valence-electron chi connectivity index (χ2n) is 4.76. The maximum absolute atomic E-state index is 13.0. The second-order valence-corrected chi connectivity index (χ2v) is 5.77. The Balaban J connectivity index is 1.98. The van der Waals surface area contributed by atoms with Gasteiger partial charge in [0.2, 0.25) is 0 Å². The summed E-state index contributed by atoms with van der Waals surface area (Å²) >= 11 is 1.35. The van der Waals surface area contributed by atoms with Crippen LogP contribution in [-0.2, 0) is 4.79 Å². The predicted octanol–water partition coefficient (Wildman–Crippen LogP) is 3.15. The van der Waals surface area contributed by atoms with Crippen LogP contribution in [0.25, 0.3) is 11.8 Å². The second kappa shape index (κ2) is 5.81. The van der Waals surface area contributed by atoms with Gasteiger partial charge in [-0.3, -0.25) is 14.7 Å². The van der Waals surface area contributed by atoms with E-state index >= 15 is 0 Å². The van der Waals surface area contributed by atoms with Crippen LogP contribution in [0.15, 0.2) is 52.5 Å². The molecule has 112 valence electrons. The van der Waals surface area contributed by atoms with Crippen LogP contribution in [0.1, 0.15) is 5.69 Å². The number of carbonyl (C=O) groups is 1. The van der Waals surface area contributed by atoms with Crippen LogP contribution < -0.4 is 0 Å². The molecular formula is C16H14FN3OS. The Bertz CT molecular complexity index is 777. The van der Waals surface area contributed by atoms with Gasteiger partial charge in [0.1, 0.15) is 5.82 Å². The SMILES string of the molecule is CN=C1S/C(=C\c2cccn2-c2ccc(F)cc2)C(=O)N1C. The van der Waals surface area contributed by atoms with Gasteiger partial charge in [-0.25, -0.2) is 4.39 Å². The lowest BCUT2D eigenvalue weighted by atomic mass is 10.3. The van der Waals surface area contributed by atoms with Crippen LogP contribution in [0.4, 0.5) is 4.39 Å². The number of likely N-dealkylation sites (N-methyl/N-ethyl adjacent to an activating group) is 1. The molecule has 0 aliphatic carbocycles. The fourth-order valence-electron chi connectivity index (χ4n) is 2.23. The number of thioether (sulfide) groups is 1. The van der Waals surface area contributed by atoms with E-state index in [-0.39, 0.29) is 11.7 Å². The van der Waals surface area contributed by atoms with Crippen LogP contribution in [0.3, 0.4) is 0 Å². The zero-order chi connectivity index (χ0) is 15.7. The first-order valence-electron chi connectivity index (χ1n) is 6.68. The van der Waals surface area contributed by atoms with E-state index in [1.165, 1.54) is 28.8 Å². The average molecular weight is 315 g/mol. The summed E-state index contributed by atoms with van der Waals surface area (Å²) in [5.74, 6) is -0.347. The summed E-state index contributed by atoms with van der Waals surface area (Å²) < 4.78 is 14.9. The van der Waals surface area contributed by atoms with Crippen LogP contribution in [0.5, 0.6) is 0 Å². The molecular weight excluding hydrogens is 301 g/mol. The molecule has 0 unspecified atom stereocenters. The van der Waals surface area contributed by atoms with Gasteiger partial charge in [0.15, 0.2) is 5.17 Å². The minimum absolute atomic E-state index is 0.0718. The molecule has 22 heavy (non-hydrogen) atoms. The van der Waals surface area contributed by atoms with Crippen molar-refractivity contribution in [2.24, 2.45) is 4.99 Å². The zero-order valence-corrected chi connectivity index (χ0v) is 13.0. The Morgan fingerprint density at radius 1 is 1.23 bits per heavy atom. The normalized spacial score (nSPS) is 18.7. The van der Waals surface area contributed by atoms with Crippen molar-refractivity contribution in [1.29, 1.82) is 0 Å². The molecule has 1 aliphatic rings. The molecule has 1 fully saturated rings. The number of rotatable bonds is 2. The molecule has 0 atom stereocenters. The number of carbonyl (C=O) groups excluding carboxylic acids is 1. The first kappa shape index (κ1) is 14.6. The van der Waals surface area contributed by atoms with Crippen molar-refractivity contribution in [2.75, 3.05) is 14.1 Å². The lowest BCUT2D eigenvalue weighted by Gasteiger charge is -2.07. The molecule has 1 aromatic carbocycles. The fourth-order valence-corrected chi connectivity index (χ4v) is 3.14. The monoisotopic (exact) mass is 315 g/mol. The predicted molar refractivity (Wildman–Crippen MR) is 87.4 cm³/mol. The highest BCUT2D eigenvalue weighted by Gasteiger charge is 2.29. The molecule has 3 rings (SSSR count). The maximum Gasteiger partial charge on any atom is 0.266 e. The van der Waals surface area contributed by atoms with E-state index in [0.29, 0.717) is 10.1 Å². The molecule has 1 saturated heterocycles. The van der Waals surface area contributed by atoms with Crippen LogP contribution in [0, 0.1) is 5.82 Å². The van der Waals surface area contributed by atoms with Crippen molar-refractivity contribution in [3.8, 4) is 5.69 Å². The van der Waals surface area contributed by atoms with Gasteiger partial charge in [0.25, 0.3) is 5.91 Å². The summed E-state index contributed by atoms with van der Waals surface area (Å²) in [6.45, 7) is 0. The third-order valence-corrected chi connectivity index (χ3v) is 4.51. The summed E-state index contributed by atoms with van der Waals surface area (Å²) in [6.07, 6.45) is 3.70. The molecule has 1 aromatic heterocycles. The Hall–Kier alpha value is -2.34. The summed E-state index contributed by atoms with van der Waals surface area (Å²) in [5, 5.41) is 0.677. The molecule has 1 amide bonds. The van der Waals surface area contributed by atoms with Gasteiger partial charge >= 0.3 is 0 Å². The van der Waals surface area contributed by atoms with Crippen molar-refractivity contribution < 1.29 is 9.18 Å². The highest BCUT2D eigenvalue weighted by atomic mass is 32.2. The molecule has 0 N–H and O–H groups in total. The van der Waals surface area contributed by atoms with Gasteiger partial charge < -0.3 is 4.57 Å². The van der Waals surface area contributed by atoms with Crippen molar-refractivity contribution >= 4 is 28.9 Å². The van der Waals surface area contributed by atoms with Crippen molar-refractivity contribution in [3.05, 3.63) is 59.0 Å². The number of hydrogen-bond acceptors (Lipinski definition) is 3. The lowest BCUT2D eigenvalue weighted by molar-refractivity contribution is -0.121. The van der Waals surface area contributed by atoms with Crippen molar-refractivity contribution in [3.63, 3.8) is 0 Å². The van der Waals surface area contributed by atoms with Crippen LogP contribution in [0.2, 0.25) is 0 Å². The van der Waals surface area contributed by atoms with E-state index in [2.05, 4.69) is 4.99 Å². The quantitative estimate of drug-likeness (QED) is 0.799. The topological polar surface area (TPSA) is 37.6 Å². The molecule has 6 heteroatoms. The number of amides is 1. The maximum atomic E-state index is 13.0. The lowest BCUT2D eigenvalue weighted by Crippen LogP contribution is -2.23. The van der Waals surface area contributed by atoms with E-state index in [9.17, 15) is 9.18 Å². The number of amidine groups is 1. The first-order chi connectivity index (χ1) is 10.6. The molecule has 0 saturated carbocycles. The minimum Gasteiger partial charge on any atom is -0.317 e. The molecule has 2 aromatic rings. The standard InChI is InChI=1S/C16H14FN3OS/c1-18-16-19(2)15(21)14(22-16)10-13-4-3-9-20(13)12-7-5-11(17)6-8-12/h3-10H,1-2H3/b14-10-,18-16?. The third-order valence-electron chi connectivity index (χ3n) is 3.36. The van der Waals surface area contributed by atoms with Crippen molar-refractivity contribution in [1.82, 2.24) is 9.47 Å². The number of nitrogens with zero attached hydrogens (tertiary/aromatic N) is 3. The number of hydrogen-bond donors (Lipinski definition) is 0. The largest absolute Gasteiger partial charge is 0.317 e. The number of benzene rings is 1. The van der Waals surface area contributed by atoms with Crippen molar-refractivity contribution in [2.45, 2.75) is 0 Å². The summed E-state index contributed by atoms with van der Waals surface area (Å²) in [7, 11) is 3.37. The summed E-state index contributed by atoms with van der Waals surface area (Å²) in [5.41, 5.74) is 1.69. The molecule has 0 radical (unpaired) electrons. The average Bonchev–Trinajstić information content (AvgIpc) is 3.08. The summed E-state index contributed by atoms with van der Waals surface area (Å²) in [4.78, 5) is 18.4. The van der Waals surface area contributed by atoms with E-state index < -0.39 is 0 Å². The van der Waals surface area contributed by atoms with Gasteiger partial charge in [0, 0.05) is 31.7 Å². The Morgan fingerprint density at radius 3 is 2.59 bits per heavy atom. The number of aromatic nitrogens is 1. The van der Waals surface area contributed by atoms with Gasteiger partial charge in [-0.1, -0.05) is 0 Å². The van der Waals surface area contributed by atoms with Gasteiger partial charge in [-0.15, -0.1) is 0 Å². The highest BCUT2D eigenvalue weighted by Crippen LogP contribution is 2.31. The Kier molecular flexibility index (Phi) is 3.85. The zero-order valence-electron chi connectivity index (χ0n) is 12.2. The number of halogens is 1. The van der Waals surface area contributed by atoms with Gasteiger partial charge in [-0.05, 0) is 54.2 Å². The minimum atomic E-state index is -0.275. The van der Waals surface area contributed by atoms with Gasteiger partial charge in [-0.2, -0.15) is 0 Å². The Morgan fingerprint density at radius 2 is 1.95 bits per heavy atom. The molecule has 2 heterocycles. The molecule has 0 bridgehead atoms.